The molecule has 0 aliphatic carbocycles. The van der Waals surface area contributed by atoms with E-state index < -0.39 is 6.09 Å². The monoisotopic (exact) mass is 326 g/mol. The predicted molar refractivity (Wildman–Crippen MR) is 92.3 cm³/mol. The average Bonchev–Trinajstić information content (AvgIpc) is 2.61. The zero-order valence-electron chi connectivity index (χ0n) is 13.9. The zero-order chi connectivity index (χ0) is 17.4. The Morgan fingerprint density at radius 1 is 1.04 bits per heavy atom. The van der Waals surface area contributed by atoms with Gasteiger partial charge in [0.1, 0.15) is 13.2 Å². The summed E-state index contributed by atoms with van der Waals surface area (Å²) < 4.78 is 5.19. The number of nitrogens with zero attached hydrogens (tertiary/aromatic N) is 1. The van der Waals surface area contributed by atoms with Crippen LogP contribution in [0, 0.1) is 0 Å². The van der Waals surface area contributed by atoms with Crippen LogP contribution in [-0.2, 0) is 16.1 Å². The second-order valence-corrected chi connectivity index (χ2v) is 5.60. The molecule has 0 spiro atoms. The van der Waals surface area contributed by atoms with E-state index in [2.05, 4.69) is 5.32 Å². The highest BCUT2D eigenvalue weighted by Gasteiger charge is 2.16. The molecule has 0 heterocycles. The summed E-state index contributed by atoms with van der Waals surface area (Å²) >= 11 is 0. The van der Waals surface area contributed by atoms with Gasteiger partial charge >= 0.3 is 6.09 Å². The Kier molecular flexibility index (Phi) is 6.37. The molecule has 1 N–H and O–H groups in total. The third-order valence-electron chi connectivity index (χ3n) is 3.57. The Hall–Kier alpha value is -2.82. The van der Waals surface area contributed by atoms with Crippen molar-refractivity contribution >= 4 is 12.0 Å². The van der Waals surface area contributed by atoms with Gasteiger partial charge in [-0.3, -0.25) is 4.79 Å². The van der Waals surface area contributed by atoms with Gasteiger partial charge in [-0.25, -0.2) is 4.79 Å². The zero-order valence-corrected chi connectivity index (χ0v) is 13.9. The first-order valence-electron chi connectivity index (χ1n) is 7.82. The largest absolute Gasteiger partial charge is 0.445 e. The Bertz CT molecular complexity index is 659. The van der Waals surface area contributed by atoms with Crippen LogP contribution >= 0.6 is 0 Å². The van der Waals surface area contributed by atoms with Gasteiger partial charge < -0.3 is 15.0 Å². The summed E-state index contributed by atoms with van der Waals surface area (Å²) in [4.78, 5) is 25.2. The van der Waals surface area contributed by atoms with Crippen LogP contribution in [-0.4, -0.2) is 30.5 Å². The summed E-state index contributed by atoms with van der Waals surface area (Å²) in [6, 6.07) is 19.0. The normalized spacial score (nSPS) is 11.4. The predicted octanol–water partition coefficient (Wildman–Crippen LogP) is 3.13. The van der Waals surface area contributed by atoms with Gasteiger partial charge in [-0.15, -0.1) is 0 Å². The molecule has 126 valence electrons. The molecule has 0 unspecified atom stereocenters. The van der Waals surface area contributed by atoms with Crippen molar-refractivity contribution in [2.24, 2.45) is 0 Å². The molecule has 2 rings (SSSR count). The van der Waals surface area contributed by atoms with Crippen LogP contribution in [0.2, 0.25) is 0 Å². The first kappa shape index (κ1) is 17.5. The maximum atomic E-state index is 12.1. The van der Waals surface area contributed by atoms with Crippen LogP contribution in [0.25, 0.3) is 0 Å². The second kappa shape index (κ2) is 8.72. The lowest BCUT2D eigenvalue weighted by Crippen LogP contribution is -2.39. The Morgan fingerprint density at radius 2 is 1.62 bits per heavy atom. The highest BCUT2D eigenvalue weighted by molar-refractivity contribution is 5.82. The third kappa shape index (κ3) is 5.43. The molecule has 0 fully saturated rings. The van der Waals surface area contributed by atoms with E-state index in [-0.39, 0.29) is 25.1 Å². The lowest BCUT2D eigenvalue weighted by atomic mass is 10.1. The highest BCUT2D eigenvalue weighted by Crippen LogP contribution is 2.10. The number of carbonyl (C=O) groups is 2. The van der Waals surface area contributed by atoms with E-state index >= 15 is 0 Å². The molecule has 0 aromatic heterocycles. The number of likely N-dealkylation sites (N-methyl/N-ethyl adjacent to an activating group) is 1. The molecule has 2 aromatic rings. The van der Waals surface area contributed by atoms with E-state index in [0.717, 1.165) is 11.1 Å². The van der Waals surface area contributed by atoms with Gasteiger partial charge in [-0.05, 0) is 18.1 Å². The van der Waals surface area contributed by atoms with Crippen LogP contribution in [0.4, 0.5) is 4.79 Å². The van der Waals surface area contributed by atoms with Crippen molar-refractivity contribution in [1.29, 1.82) is 0 Å². The molecule has 2 amide bonds. The van der Waals surface area contributed by atoms with E-state index in [1.807, 2.05) is 67.6 Å². The molecule has 0 saturated heterocycles. The van der Waals surface area contributed by atoms with Gasteiger partial charge in [-0.1, -0.05) is 60.7 Å². The Balaban J connectivity index is 1.77. The summed E-state index contributed by atoms with van der Waals surface area (Å²) in [5.41, 5.74) is 1.92. The third-order valence-corrected chi connectivity index (χ3v) is 3.57. The number of hydrogen-bond donors (Lipinski definition) is 1. The van der Waals surface area contributed by atoms with Crippen LogP contribution in [0.1, 0.15) is 24.1 Å². The first-order valence-corrected chi connectivity index (χ1v) is 7.82. The van der Waals surface area contributed by atoms with Crippen molar-refractivity contribution in [3.8, 4) is 0 Å². The fourth-order valence-electron chi connectivity index (χ4n) is 2.22. The molecule has 5 heteroatoms. The average molecular weight is 326 g/mol. The maximum absolute atomic E-state index is 12.1. The van der Waals surface area contributed by atoms with Gasteiger partial charge in [0.2, 0.25) is 5.91 Å². The molecule has 0 saturated carbocycles. The summed E-state index contributed by atoms with van der Waals surface area (Å²) in [5, 5.41) is 2.87. The molecule has 0 radical (unpaired) electrons. The number of rotatable bonds is 6. The standard InChI is InChI=1S/C19H22N2O3/c1-15(17-11-7-4-8-12-17)20-18(22)13-21(2)19(23)24-14-16-9-5-3-6-10-16/h3-12,15H,13-14H2,1-2H3,(H,20,22)/t15-/m0/s1. The second-order valence-electron chi connectivity index (χ2n) is 5.60. The quantitative estimate of drug-likeness (QED) is 0.887. The smallest absolute Gasteiger partial charge is 0.410 e. The molecular weight excluding hydrogens is 304 g/mol. The van der Waals surface area contributed by atoms with Crippen molar-refractivity contribution in [2.45, 2.75) is 19.6 Å². The summed E-state index contributed by atoms with van der Waals surface area (Å²) in [7, 11) is 1.54. The summed E-state index contributed by atoms with van der Waals surface area (Å²) in [5.74, 6) is -0.231. The van der Waals surface area contributed by atoms with Crippen LogP contribution in [0.3, 0.4) is 0 Å². The number of nitrogens with one attached hydrogen (secondary N) is 1. The van der Waals surface area contributed by atoms with Crippen molar-refractivity contribution < 1.29 is 14.3 Å². The lowest BCUT2D eigenvalue weighted by molar-refractivity contribution is -0.122. The number of benzene rings is 2. The van der Waals surface area contributed by atoms with E-state index in [9.17, 15) is 9.59 Å². The minimum Gasteiger partial charge on any atom is -0.445 e. The molecule has 0 aliphatic rings. The van der Waals surface area contributed by atoms with E-state index in [4.69, 9.17) is 4.74 Å². The van der Waals surface area contributed by atoms with Gasteiger partial charge in [0.25, 0.3) is 0 Å². The van der Waals surface area contributed by atoms with E-state index in [1.54, 1.807) is 7.05 Å². The van der Waals surface area contributed by atoms with Crippen molar-refractivity contribution in [2.75, 3.05) is 13.6 Å². The fraction of sp³-hybridized carbons (Fsp3) is 0.263. The Labute approximate surface area is 142 Å². The maximum Gasteiger partial charge on any atom is 0.410 e. The van der Waals surface area contributed by atoms with Crippen LogP contribution in [0.5, 0.6) is 0 Å². The summed E-state index contributed by atoms with van der Waals surface area (Å²) in [6.45, 7) is 2.04. The molecule has 2 aromatic carbocycles. The number of ether oxygens (including phenoxy) is 1. The van der Waals surface area contributed by atoms with Gasteiger partial charge in [0.15, 0.2) is 0 Å². The minimum atomic E-state index is -0.527. The van der Waals surface area contributed by atoms with Gasteiger partial charge in [0.05, 0.1) is 6.04 Å². The lowest BCUT2D eigenvalue weighted by Gasteiger charge is -2.19. The fourth-order valence-corrected chi connectivity index (χ4v) is 2.22. The molecule has 0 aliphatic heterocycles. The SMILES string of the molecule is C[C@H](NC(=O)CN(C)C(=O)OCc1ccccc1)c1ccccc1. The number of carbonyl (C=O) groups excluding carboxylic acids is 2. The van der Waals surface area contributed by atoms with Crippen molar-refractivity contribution in [3.63, 3.8) is 0 Å². The highest BCUT2D eigenvalue weighted by atomic mass is 16.6. The van der Waals surface area contributed by atoms with Crippen LogP contribution < -0.4 is 5.32 Å². The first-order chi connectivity index (χ1) is 11.6. The van der Waals surface area contributed by atoms with Crippen molar-refractivity contribution in [1.82, 2.24) is 10.2 Å². The number of amides is 2. The topological polar surface area (TPSA) is 58.6 Å². The summed E-state index contributed by atoms with van der Waals surface area (Å²) in [6.07, 6.45) is -0.527. The van der Waals surface area contributed by atoms with E-state index in [1.165, 1.54) is 4.90 Å². The van der Waals surface area contributed by atoms with Gasteiger partial charge in [0, 0.05) is 7.05 Å². The molecule has 24 heavy (non-hydrogen) atoms. The minimum absolute atomic E-state index is 0.0508. The van der Waals surface area contributed by atoms with Crippen molar-refractivity contribution in [3.05, 3.63) is 71.8 Å². The molecular formula is C19H22N2O3. The Morgan fingerprint density at radius 3 is 2.25 bits per heavy atom. The molecule has 5 nitrogen and oxygen atoms in total. The van der Waals surface area contributed by atoms with E-state index in [0.29, 0.717) is 0 Å². The molecule has 0 bridgehead atoms. The van der Waals surface area contributed by atoms with Crippen LogP contribution in [0.15, 0.2) is 60.7 Å². The van der Waals surface area contributed by atoms with Gasteiger partial charge in [-0.2, -0.15) is 0 Å². The molecule has 1 atom stereocenters. The number of hydrogen-bond acceptors (Lipinski definition) is 3.